The van der Waals surface area contributed by atoms with Crippen molar-refractivity contribution in [1.29, 1.82) is 0 Å². The zero-order valence-electron chi connectivity index (χ0n) is 11.8. The Morgan fingerprint density at radius 3 is 2.79 bits per heavy atom. The van der Waals surface area contributed by atoms with Gasteiger partial charge in [-0.1, -0.05) is 13.8 Å². The Morgan fingerprint density at radius 1 is 1.47 bits per heavy atom. The fourth-order valence-electron chi connectivity index (χ4n) is 2.60. The van der Waals surface area contributed by atoms with Crippen LogP contribution >= 0.6 is 15.9 Å². The minimum absolute atomic E-state index is 0.106. The lowest BCUT2D eigenvalue weighted by Gasteiger charge is -2.47. The van der Waals surface area contributed by atoms with Crippen molar-refractivity contribution in [2.45, 2.75) is 45.2 Å². The van der Waals surface area contributed by atoms with Gasteiger partial charge in [-0.3, -0.25) is 0 Å². The summed E-state index contributed by atoms with van der Waals surface area (Å²) in [6, 6.07) is 5.86. The lowest BCUT2D eigenvalue weighted by Crippen LogP contribution is -2.62. The molecule has 0 spiro atoms. The number of nitrogens with one attached hydrogen (secondary N) is 1. The van der Waals surface area contributed by atoms with Crippen LogP contribution in [0.2, 0.25) is 0 Å². The van der Waals surface area contributed by atoms with Crippen molar-refractivity contribution in [2.75, 3.05) is 18.0 Å². The Hall–Kier alpha value is -0.610. The third-order valence-corrected chi connectivity index (χ3v) is 4.85. The van der Waals surface area contributed by atoms with Crippen LogP contribution in [-0.2, 0) is 0 Å². The molecule has 4 heteroatoms. The lowest BCUT2D eigenvalue weighted by atomic mass is 9.92. The van der Waals surface area contributed by atoms with Crippen LogP contribution in [-0.4, -0.2) is 24.7 Å². The van der Waals surface area contributed by atoms with E-state index in [9.17, 15) is 4.39 Å². The second kappa shape index (κ2) is 5.80. The summed E-state index contributed by atoms with van der Waals surface area (Å²) in [6.07, 6.45) is 2.13. The van der Waals surface area contributed by atoms with Crippen LogP contribution in [0.5, 0.6) is 0 Å². The summed E-state index contributed by atoms with van der Waals surface area (Å²) in [7, 11) is 0. The van der Waals surface area contributed by atoms with Crippen LogP contribution in [0.3, 0.4) is 0 Å². The topological polar surface area (TPSA) is 15.3 Å². The fraction of sp³-hybridized carbons (Fsp3) is 0.600. The zero-order valence-corrected chi connectivity index (χ0v) is 13.4. The van der Waals surface area contributed by atoms with Crippen LogP contribution in [0.1, 0.15) is 33.6 Å². The van der Waals surface area contributed by atoms with E-state index in [0.29, 0.717) is 10.5 Å². The molecule has 2 rings (SSSR count). The molecule has 2 atom stereocenters. The van der Waals surface area contributed by atoms with Crippen molar-refractivity contribution < 1.29 is 4.39 Å². The van der Waals surface area contributed by atoms with E-state index in [1.165, 1.54) is 0 Å². The number of hydrogen-bond donors (Lipinski definition) is 1. The van der Waals surface area contributed by atoms with Crippen LogP contribution in [0.25, 0.3) is 0 Å². The zero-order chi connectivity index (χ0) is 14.0. The molecule has 0 bridgehead atoms. The van der Waals surface area contributed by atoms with Gasteiger partial charge in [-0.2, -0.15) is 0 Å². The first-order valence-electron chi connectivity index (χ1n) is 6.96. The van der Waals surface area contributed by atoms with Crippen molar-refractivity contribution in [1.82, 2.24) is 5.32 Å². The van der Waals surface area contributed by atoms with Gasteiger partial charge in [0, 0.05) is 30.4 Å². The SMILES string of the molecule is CCC1CNC(C)(CC)CN1c1ccc(Br)c(F)c1. The van der Waals surface area contributed by atoms with E-state index in [1.807, 2.05) is 6.07 Å². The largest absolute Gasteiger partial charge is 0.365 e. The van der Waals surface area contributed by atoms with Crippen molar-refractivity contribution >= 4 is 21.6 Å². The summed E-state index contributed by atoms with van der Waals surface area (Å²) >= 11 is 3.22. The molecule has 19 heavy (non-hydrogen) atoms. The molecule has 1 saturated heterocycles. The Labute approximate surface area is 123 Å². The smallest absolute Gasteiger partial charge is 0.139 e. The quantitative estimate of drug-likeness (QED) is 0.903. The van der Waals surface area contributed by atoms with E-state index in [0.717, 1.165) is 31.6 Å². The van der Waals surface area contributed by atoms with Crippen LogP contribution < -0.4 is 10.2 Å². The molecule has 1 fully saturated rings. The van der Waals surface area contributed by atoms with Gasteiger partial charge in [0.15, 0.2) is 0 Å². The number of nitrogens with zero attached hydrogens (tertiary/aromatic N) is 1. The first-order chi connectivity index (χ1) is 8.99. The molecule has 0 aliphatic carbocycles. The number of halogens is 2. The summed E-state index contributed by atoms with van der Waals surface area (Å²) in [5, 5.41) is 3.63. The highest BCUT2D eigenvalue weighted by Gasteiger charge is 2.33. The minimum Gasteiger partial charge on any atom is -0.365 e. The number of anilines is 1. The van der Waals surface area contributed by atoms with Crippen molar-refractivity contribution in [3.8, 4) is 0 Å². The van der Waals surface area contributed by atoms with Gasteiger partial charge in [0.2, 0.25) is 0 Å². The van der Waals surface area contributed by atoms with Gasteiger partial charge in [-0.15, -0.1) is 0 Å². The number of benzene rings is 1. The first kappa shape index (κ1) is 14.8. The first-order valence-corrected chi connectivity index (χ1v) is 7.75. The van der Waals surface area contributed by atoms with E-state index in [-0.39, 0.29) is 11.4 Å². The Bertz CT molecular complexity index is 452. The molecule has 0 saturated carbocycles. The molecular weight excluding hydrogens is 307 g/mol. The highest BCUT2D eigenvalue weighted by atomic mass is 79.9. The number of hydrogen-bond acceptors (Lipinski definition) is 2. The van der Waals surface area contributed by atoms with Crippen LogP contribution in [0.4, 0.5) is 10.1 Å². The molecule has 106 valence electrons. The molecule has 1 aliphatic heterocycles. The average Bonchev–Trinajstić information content (AvgIpc) is 2.42. The molecule has 1 aromatic carbocycles. The maximum absolute atomic E-state index is 13.8. The van der Waals surface area contributed by atoms with Crippen molar-refractivity contribution in [2.24, 2.45) is 0 Å². The predicted molar refractivity (Wildman–Crippen MR) is 82.2 cm³/mol. The van der Waals surface area contributed by atoms with E-state index in [2.05, 4.69) is 46.9 Å². The van der Waals surface area contributed by atoms with Gasteiger partial charge in [-0.25, -0.2) is 4.39 Å². The van der Waals surface area contributed by atoms with Gasteiger partial charge in [0.25, 0.3) is 0 Å². The van der Waals surface area contributed by atoms with Gasteiger partial charge >= 0.3 is 0 Å². The van der Waals surface area contributed by atoms with E-state index < -0.39 is 0 Å². The van der Waals surface area contributed by atoms with Crippen molar-refractivity contribution in [3.63, 3.8) is 0 Å². The molecule has 0 amide bonds. The molecule has 0 aromatic heterocycles. The Morgan fingerprint density at radius 2 is 2.21 bits per heavy atom. The van der Waals surface area contributed by atoms with Gasteiger partial charge < -0.3 is 10.2 Å². The summed E-state index contributed by atoms with van der Waals surface area (Å²) in [5.74, 6) is -0.191. The van der Waals surface area contributed by atoms with E-state index in [1.54, 1.807) is 12.1 Å². The Balaban J connectivity index is 2.29. The van der Waals surface area contributed by atoms with E-state index in [4.69, 9.17) is 0 Å². The summed E-state index contributed by atoms with van der Waals surface area (Å²) in [6.45, 7) is 8.49. The van der Waals surface area contributed by atoms with Gasteiger partial charge in [0.1, 0.15) is 5.82 Å². The predicted octanol–water partition coefficient (Wildman–Crippen LogP) is 3.95. The average molecular weight is 329 g/mol. The summed E-state index contributed by atoms with van der Waals surface area (Å²) < 4.78 is 14.3. The molecule has 2 nitrogen and oxygen atoms in total. The molecule has 1 heterocycles. The minimum atomic E-state index is -0.191. The molecule has 2 unspecified atom stereocenters. The molecule has 1 aromatic rings. The highest BCUT2D eigenvalue weighted by Crippen LogP contribution is 2.29. The second-order valence-corrected chi connectivity index (χ2v) is 6.44. The maximum Gasteiger partial charge on any atom is 0.139 e. The summed E-state index contributed by atoms with van der Waals surface area (Å²) in [5.41, 5.74) is 1.09. The third-order valence-electron chi connectivity index (χ3n) is 4.21. The second-order valence-electron chi connectivity index (χ2n) is 5.58. The van der Waals surface area contributed by atoms with Crippen molar-refractivity contribution in [3.05, 3.63) is 28.5 Å². The maximum atomic E-state index is 13.8. The monoisotopic (exact) mass is 328 g/mol. The molecule has 1 N–H and O–H groups in total. The Kier molecular flexibility index (Phi) is 4.51. The normalized spacial score (nSPS) is 27.6. The summed E-state index contributed by atoms with van der Waals surface area (Å²) in [4.78, 5) is 2.34. The van der Waals surface area contributed by atoms with Gasteiger partial charge in [0.05, 0.1) is 4.47 Å². The van der Waals surface area contributed by atoms with Gasteiger partial charge in [-0.05, 0) is 53.9 Å². The molecule has 1 aliphatic rings. The third kappa shape index (κ3) is 3.11. The molecule has 0 radical (unpaired) electrons. The fourth-order valence-corrected chi connectivity index (χ4v) is 2.85. The van der Waals surface area contributed by atoms with Crippen LogP contribution in [0.15, 0.2) is 22.7 Å². The number of rotatable bonds is 3. The van der Waals surface area contributed by atoms with Crippen LogP contribution in [0, 0.1) is 5.82 Å². The number of piperazine rings is 1. The van der Waals surface area contributed by atoms with E-state index >= 15 is 0 Å². The highest BCUT2D eigenvalue weighted by molar-refractivity contribution is 9.10. The lowest BCUT2D eigenvalue weighted by molar-refractivity contribution is 0.276. The standard InChI is InChI=1S/C15H22BrFN2/c1-4-11-9-18-15(3,5-2)10-19(11)12-6-7-13(16)14(17)8-12/h6-8,11,18H,4-5,9-10H2,1-3H3. The molecular formula is C15H22BrFN2.